The Kier molecular flexibility index (Phi) is 15.9. The van der Waals surface area contributed by atoms with Gasteiger partial charge in [0.25, 0.3) is 0 Å². The van der Waals surface area contributed by atoms with Crippen LogP contribution in [0.2, 0.25) is 0 Å². The van der Waals surface area contributed by atoms with Gasteiger partial charge in [0.15, 0.2) is 12.0 Å². The number of pyridine rings is 1. The van der Waals surface area contributed by atoms with E-state index in [0.29, 0.717) is 6.29 Å². The lowest BCUT2D eigenvalue weighted by atomic mass is 10.0. The van der Waals surface area contributed by atoms with Gasteiger partial charge in [-0.3, -0.25) is 9.59 Å². The van der Waals surface area contributed by atoms with Crippen LogP contribution in [0.15, 0.2) is 47.4 Å². The summed E-state index contributed by atoms with van der Waals surface area (Å²) in [5.74, 6) is 0.831. The number of carbonyl (C=O) groups excluding carboxylic acids is 1. The highest BCUT2D eigenvalue weighted by Gasteiger charge is 2.11. The van der Waals surface area contributed by atoms with Crippen molar-refractivity contribution in [2.24, 2.45) is 0 Å². The molecule has 0 saturated carbocycles. The van der Waals surface area contributed by atoms with Crippen molar-refractivity contribution in [2.45, 2.75) is 110 Å². The van der Waals surface area contributed by atoms with E-state index in [-0.39, 0.29) is 23.5 Å². The largest absolute Gasteiger partial charge is 0.497 e. The van der Waals surface area contributed by atoms with E-state index in [0.717, 1.165) is 24.2 Å². The fourth-order valence-electron chi connectivity index (χ4n) is 4.46. The summed E-state index contributed by atoms with van der Waals surface area (Å²) in [5.41, 5.74) is 0.825. The predicted molar refractivity (Wildman–Crippen MR) is 154 cm³/mol. The third kappa shape index (κ3) is 12.3. The molecule has 0 aliphatic rings. The smallest absolute Gasteiger partial charge is 0.224 e. The van der Waals surface area contributed by atoms with Crippen molar-refractivity contribution >= 4 is 12.5 Å². The van der Waals surface area contributed by atoms with Crippen LogP contribution in [0.5, 0.6) is 11.5 Å². The molecule has 204 valence electrons. The maximum atomic E-state index is 12.4. The Morgan fingerprint density at radius 1 is 0.784 bits per heavy atom. The first-order valence-electron chi connectivity index (χ1n) is 14.3. The third-order valence-electron chi connectivity index (χ3n) is 6.77. The maximum absolute atomic E-state index is 12.4. The first-order valence-corrected chi connectivity index (χ1v) is 14.3. The molecule has 0 N–H and O–H groups in total. The summed E-state index contributed by atoms with van der Waals surface area (Å²) >= 11 is 0. The Bertz CT molecular complexity index is 962. The van der Waals surface area contributed by atoms with Crippen LogP contribution >= 0.6 is 0 Å². The van der Waals surface area contributed by atoms with Crippen LogP contribution in [-0.2, 0) is 6.61 Å². The number of nitrogens with zero attached hydrogens (tertiary/aromatic N) is 1. The molecule has 0 atom stereocenters. The van der Waals surface area contributed by atoms with Crippen molar-refractivity contribution < 1.29 is 14.3 Å². The molecule has 0 saturated heterocycles. The third-order valence-corrected chi connectivity index (χ3v) is 6.77. The Morgan fingerprint density at radius 3 is 1.89 bits per heavy atom. The lowest BCUT2D eigenvalue weighted by Crippen LogP contribution is -2.14. The minimum absolute atomic E-state index is 0.0782. The van der Waals surface area contributed by atoms with Crippen LogP contribution in [0.4, 0.5) is 0 Å². The number of rotatable bonds is 21. The maximum Gasteiger partial charge on any atom is 0.224 e. The molecule has 5 heteroatoms. The van der Waals surface area contributed by atoms with E-state index in [1.807, 2.05) is 30.5 Å². The first-order chi connectivity index (χ1) is 18.2. The van der Waals surface area contributed by atoms with Gasteiger partial charge in [-0.25, -0.2) is 0 Å². The molecule has 37 heavy (non-hydrogen) atoms. The van der Waals surface area contributed by atoms with E-state index in [1.165, 1.54) is 89.5 Å². The zero-order valence-electron chi connectivity index (χ0n) is 23.1. The van der Waals surface area contributed by atoms with Gasteiger partial charge in [0.2, 0.25) is 5.43 Å². The molecule has 0 bridgehead atoms. The van der Waals surface area contributed by atoms with Crippen molar-refractivity contribution in [3.63, 3.8) is 0 Å². The van der Waals surface area contributed by atoms with Crippen LogP contribution in [0, 0.1) is 0 Å². The van der Waals surface area contributed by atoms with Gasteiger partial charge >= 0.3 is 0 Å². The van der Waals surface area contributed by atoms with Crippen molar-refractivity contribution in [3.05, 3.63) is 64.1 Å². The summed E-state index contributed by atoms with van der Waals surface area (Å²) in [6.07, 6.45) is 26.0. The molecular weight excluding hydrogens is 462 g/mol. The highest BCUT2D eigenvalue weighted by atomic mass is 16.5. The average Bonchev–Trinajstić information content (AvgIpc) is 2.92. The number of allylic oxidation sites excluding steroid dienone is 1. The number of aromatic nitrogens is 1. The number of hydrogen-bond donors (Lipinski definition) is 0. The van der Waals surface area contributed by atoms with Gasteiger partial charge < -0.3 is 14.0 Å². The van der Waals surface area contributed by atoms with Gasteiger partial charge in [0.05, 0.1) is 7.11 Å². The van der Waals surface area contributed by atoms with Crippen LogP contribution in [0.25, 0.3) is 6.20 Å². The van der Waals surface area contributed by atoms with Crippen LogP contribution in [-0.4, -0.2) is 18.0 Å². The van der Waals surface area contributed by atoms with Crippen molar-refractivity contribution in [3.8, 4) is 11.5 Å². The molecule has 1 aromatic carbocycles. The highest BCUT2D eigenvalue weighted by Crippen LogP contribution is 2.17. The molecule has 0 unspecified atom stereocenters. The summed E-state index contributed by atoms with van der Waals surface area (Å²) in [6, 6.07) is 8.85. The Morgan fingerprint density at radius 2 is 1.35 bits per heavy atom. The number of ether oxygens (including phenoxy) is 2. The summed E-state index contributed by atoms with van der Waals surface area (Å²) < 4.78 is 12.6. The van der Waals surface area contributed by atoms with Crippen molar-refractivity contribution in [1.29, 1.82) is 0 Å². The van der Waals surface area contributed by atoms with Crippen molar-refractivity contribution in [2.75, 3.05) is 7.11 Å². The molecule has 1 heterocycles. The molecule has 0 aliphatic heterocycles. The SMILES string of the molecule is CCCCCCCCCCCCCCCCC=Cn1ccc(=O)c(OCc2ccc(OC)cc2)c1C=O. The molecule has 0 radical (unpaired) electrons. The van der Waals surface area contributed by atoms with Gasteiger partial charge in [-0.1, -0.05) is 109 Å². The quantitative estimate of drug-likeness (QED) is 0.125. The normalized spacial score (nSPS) is 11.2. The summed E-state index contributed by atoms with van der Waals surface area (Å²) in [6.45, 7) is 2.47. The first kappa shape index (κ1) is 30.4. The van der Waals surface area contributed by atoms with E-state index >= 15 is 0 Å². The summed E-state index contributed by atoms with van der Waals surface area (Å²) in [7, 11) is 1.61. The number of methoxy groups -OCH3 is 1. The lowest BCUT2D eigenvalue weighted by Gasteiger charge is -2.11. The fourth-order valence-corrected chi connectivity index (χ4v) is 4.46. The molecular formula is C32H47NO4. The van der Waals surface area contributed by atoms with E-state index in [9.17, 15) is 9.59 Å². The summed E-state index contributed by atoms with van der Waals surface area (Å²) in [5, 5.41) is 0. The molecule has 0 amide bonds. The van der Waals surface area contributed by atoms with Crippen molar-refractivity contribution in [1.82, 2.24) is 4.57 Å². The molecule has 0 aliphatic carbocycles. The molecule has 0 fully saturated rings. The number of benzene rings is 1. The number of unbranched alkanes of at least 4 members (excludes halogenated alkanes) is 14. The number of hydrogen-bond acceptors (Lipinski definition) is 4. The molecule has 5 nitrogen and oxygen atoms in total. The van der Waals surface area contributed by atoms with Gasteiger partial charge in [0, 0.05) is 18.5 Å². The topological polar surface area (TPSA) is 57.5 Å². The van der Waals surface area contributed by atoms with E-state index < -0.39 is 0 Å². The Balaban J connectivity index is 1.64. The molecule has 2 rings (SSSR count). The average molecular weight is 510 g/mol. The number of aldehydes is 1. The van der Waals surface area contributed by atoms with Gasteiger partial charge in [-0.15, -0.1) is 0 Å². The second-order valence-corrected chi connectivity index (χ2v) is 9.83. The predicted octanol–water partition coefficient (Wildman–Crippen LogP) is 8.59. The van der Waals surface area contributed by atoms with Crippen LogP contribution in [0.3, 0.4) is 0 Å². The number of carbonyl (C=O) groups is 1. The van der Waals surface area contributed by atoms with Gasteiger partial charge in [0.1, 0.15) is 18.1 Å². The molecule has 1 aromatic heterocycles. The fraction of sp³-hybridized carbons (Fsp3) is 0.562. The second-order valence-electron chi connectivity index (χ2n) is 9.83. The zero-order valence-corrected chi connectivity index (χ0v) is 23.1. The minimum atomic E-state index is -0.299. The summed E-state index contributed by atoms with van der Waals surface area (Å²) in [4.78, 5) is 24.1. The van der Waals surface area contributed by atoms with Crippen LogP contribution < -0.4 is 14.9 Å². The van der Waals surface area contributed by atoms with Gasteiger partial charge in [-0.05, 0) is 30.5 Å². The van der Waals surface area contributed by atoms with E-state index in [2.05, 4.69) is 13.0 Å². The monoisotopic (exact) mass is 509 g/mol. The Hall–Kier alpha value is -2.82. The van der Waals surface area contributed by atoms with E-state index in [4.69, 9.17) is 9.47 Å². The van der Waals surface area contributed by atoms with E-state index in [1.54, 1.807) is 17.9 Å². The van der Waals surface area contributed by atoms with Gasteiger partial charge in [-0.2, -0.15) is 0 Å². The molecule has 0 spiro atoms. The lowest BCUT2D eigenvalue weighted by molar-refractivity contribution is 0.111. The minimum Gasteiger partial charge on any atom is -0.497 e. The zero-order chi connectivity index (χ0) is 26.6. The standard InChI is InChI=1S/C32H47NO4/c1-3-4-5-6-7-8-9-10-11-12-13-14-15-16-17-18-24-33-25-23-31(35)32(30(33)26-34)37-27-28-19-21-29(36-2)22-20-28/h18-26H,3-17,27H2,1-2H3. The highest BCUT2D eigenvalue weighted by molar-refractivity contribution is 5.77. The Labute approximate surface area is 223 Å². The molecule has 2 aromatic rings. The van der Waals surface area contributed by atoms with Crippen LogP contribution in [0.1, 0.15) is 119 Å². The second kappa shape index (κ2) is 19.3.